The fourth-order valence-corrected chi connectivity index (χ4v) is 2.18. The predicted molar refractivity (Wildman–Crippen MR) is 71.5 cm³/mol. The highest BCUT2D eigenvalue weighted by Crippen LogP contribution is 2.26. The van der Waals surface area contributed by atoms with Gasteiger partial charge in [-0.2, -0.15) is 5.10 Å². The van der Waals surface area contributed by atoms with Crippen molar-refractivity contribution in [3.8, 4) is 5.69 Å². The zero-order valence-corrected chi connectivity index (χ0v) is 10.9. The SMILES string of the molecule is Cc1ccc(-n2ncc(N)c2C(C)C)c(C)c1. The number of nitrogens with zero attached hydrogens (tertiary/aromatic N) is 2. The molecule has 17 heavy (non-hydrogen) atoms. The van der Waals surface area contributed by atoms with E-state index in [9.17, 15) is 0 Å². The molecule has 0 saturated carbocycles. The van der Waals surface area contributed by atoms with Gasteiger partial charge in [0.25, 0.3) is 0 Å². The van der Waals surface area contributed by atoms with E-state index >= 15 is 0 Å². The Balaban J connectivity index is 2.61. The fourth-order valence-electron chi connectivity index (χ4n) is 2.18. The lowest BCUT2D eigenvalue weighted by atomic mass is 10.1. The summed E-state index contributed by atoms with van der Waals surface area (Å²) < 4.78 is 1.95. The maximum atomic E-state index is 5.98. The van der Waals surface area contributed by atoms with Gasteiger partial charge < -0.3 is 5.73 Å². The van der Waals surface area contributed by atoms with Crippen molar-refractivity contribution in [2.24, 2.45) is 0 Å². The Kier molecular flexibility index (Phi) is 2.92. The van der Waals surface area contributed by atoms with Crippen LogP contribution in [0, 0.1) is 13.8 Å². The van der Waals surface area contributed by atoms with Crippen LogP contribution < -0.4 is 5.73 Å². The second kappa shape index (κ2) is 4.24. The Morgan fingerprint density at radius 3 is 2.53 bits per heavy atom. The third-order valence-corrected chi connectivity index (χ3v) is 2.96. The Bertz CT molecular complexity index is 538. The van der Waals surface area contributed by atoms with E-state index in [0.29, 0.717) is 5.92 Å². The summed E-state index contributed by atoms with van der Waals surface area (Å²) in [7, 11) is 0. The average molecular weight is 229 g/mol. The van der Waals surface area contributed by atoms with E-state index in [-0.39, 0.29) is 0 Å². The summed E-state index contributed by atoms with van der Waals surface area (Å²) in [6.45, 7) is 8.46. The molecule has 1 aromatic carbocycles. The molecule has 0 aliphatic heterocycles. The van der Waals surface area contributed by atoms with E-state index in [1.807, 2.05) is 4.68 Å². The molecule has 1 aromatic heterocycles. The first-order valence-corrected chi connectivity index (χ1v) is 5.91. The van der Waals surface area contributed by atoms with Gasteiger partial charge in [0.05, 0.1) is 23.3 Å². The molecule has 0 amide bonds. The number of nitrogen functional groups attached to an aromatic ring is 1. The van der Waals surface area contributed by atoms with E-state index in [0.717, 1.165) is 17.1 Å². The van der Waals surface area contributed by atoms with Crippen LogP contribution in [-0.2, 0) is 0 Å². The number of aryl methyl sites for hydroxylation is 2. The predicted octanol–water partition coefficient (Wildman–Crippen LogP) is 3.19. The summed E-state index contributed by atoms with van der Waals surface area (Å²) in [5, 5.41) is 4.39. The van der Waals surface area contributed by atoms with Crippen molar-refractivity contribution in [1.29, 1.82) is 0 Å². The number of rotatable bonds is 2. The van der Waals surface area contributed by atoms with E-state index in [1.54, 1.807) is 6.20 Å². The summed E-state index contributed by atoms with van der Waals surface area (Å²) in [5.74, 6) is 0.359. The van der Waals surface area contributed by atoms with Crippen LogP contribution in [-0.4, -0.2) is 9.78 Å². The molecule has 0 aliphatic rings. The Morgan fingerprint density at radius 2 is 1.94 bits per heavy atom. The number of hydrogen-bond acceptors (Lipinski definition) is 2. The number of aromatic nitrogens is 2. The van der Waals surface area contributed by atoms with Gasteiger partial charge in [0, 0.05) is 0 Å². The molecule has 3 nitrogen and oxygen atoms in total. The average Bonchev–Trinajstić information content (AvgIpc) is 2.60. The van der Waals surface area contributed by atoms with Crippen molar-refractivity contribution >= 4 is 5.69 Å². The minimum Gasteiger partial charge on any atom is -0.396 e. The van der Waals surface area contributed by atoms with Crippen LogP contribution in [0.15, 0.2) is 24.4 Å². The Morgan fingerprint density at radius 1 is 1.24 bits per heavy atom. The summed E-state index contributed by atoms with van der Waals surface area (Å²) in [4.78, 5) is 0. The highest BCUT2D eigenvalue weighted by atomic mass is 15.3. The molecule has 0 atom stereocenters. The van der Waals surface area contributed by atoms with Crippen molar-refractivity contribution in [1.82, 2.24) is 9.78 Å². The smallest absolute Gasteiger partial charge is 0.0740 e. The first-order chi connectivity index (χ1) is 8.00. The quantitative estimate of drug-likeness (QED) is 0.859. The zero-order chi connectivity index (χ0) is 12.6. The van der Waals surface area contributed by atoms with Crippen LogP contribution in [0.4, 0.5) is 5.69 Å². The van der Waals surface area contributed by atoms with Crippen LogP contribution in [0.25, 0.3) is 5.69 Å². The van der Waals surface area contributed by atoms with E-state index in [2.05, 4.69) is 51.0 Å². The molecular formula is C14H19N3. The number of anilines is 1. The van der Waals surface area contributed by atoms with Gasteiger partial charge in [0.2, 0.25) is 0 Å². The lowest BCUT2D eigenvalue weighted by Gasteiger charge is -2.13. The summed E-state index contributed by atoms with van der Waals surface area (Å²) in [5.41, 5.74) is 11.4. The minimum absolute atomic E-state index is 0.359. The van der Waals surface area contributed by atoms with Gasteiger partial charge in [-0.05, 0) is 31.4 Å². The first kappa shape index (κ1) is 11.7. The molecule has 0 fully saturated rings. The van der Waals surface area contributed by atoms with Gasteiger partial charge in [-0.3, -0.25) is 0 Å². The molecule has 90 valence electrons. The third-order valence-electron chi connectivity index (χ3n) is 2.96. The number of nitrogens with two attached hydrogens (primary N) is 1. The third kappa shape index (κ3) is 2.05. The van der Waals surface area contributed by atoms with Crippen LogP contribution in [0.5, 0.6) is 0 Å². The molecule has 0 spiro atoms. The zero-order valence-electron chi connectivity index (χ0n) is 10.9. The lowest BCUT2D eigenvalue weighted by Crippen LogP contribution is -2.07. The van der Waals surface area contributed by atoms with Gasteiger partial charge in [-0.1, -0.05) is 31.5 Å². The second-order valence-corrected chi connectivity index (χ2v) is 4.84. The van der Waals surface area contributed by atoms with Crippen LogP contribution in [0.1, 0.15) is 36.6 Å². The van der Waals surface area contributed by atoms with Gasteiger partial charge >= 0.3 is 0 Å². The standard InChI is InChI=1S/C14H19N3/c1-9(2)14-12(15)8-16-17(14)13-6-5-10(3)7-11(13)4/h5-9H,15H2,1-4H3. The van der Waals surface area contributed by atoms with Gasteiger partial charge in [-0.25, -0.2) is 4.68 Å². The largest absolute Gasteiger partial charge is 0.396 e. The minimum atomic E-state index is 0.359. The fraction of sp³-hybridized carbons (Fsp3) is 0.357. The maximum absolute atomic E-state index is 5.98. The highest BCUT2D eigenvalue weighted by Gasteiger charge is 2.14. The molecule has 0 aliphatic carbocycles. The topological polar surface area (TPSA) is 43.8 Å². The highest BCUT2D eigenvalue weighted by molar-refractivity contribution is 5.50. The number of hydrogen-bond donors (Lipinski definition) is 1. The molecule has 0 bridgehead atoms. The van der Waals surface area contributed by atoms with Crippen molar-refractivity contribution in [3.05, 3.63) is 41.2 Å². The van der Waals surface area contributed by atoms with Crippen LogP contribution in [0.3, 0.4) is 0 Å². The van der Waals surface area contributed by atoms with Crippen molar-refractivity contribution in [2.75, 3.05) is 5.73 Å². The molecule has 0 unspecified atom stereocenters. The normalized spacial score (nSPS) is 11.1. The Hall–Kier alpha value is -1.77. The van der Waals surface area contributed by atoms with Crippen molar-refractivity contribution in [2.45, 2.75) is 33.6 Å². The molecular weight excluding hydrogens is 210 g/mol. The number of benzene rings is 1. The molecule has 0 saturated heterocycles. The first-order valence-electron chi connectivity index (χ1n) is 5.91. The molecule has 2 rings (SSSR count). The molecule has 2 N–H and O–H groups in total. The molecule has 3 heteroatoms. The van der Waals surface area contributed by atoms with Gasteiger partial charge in [0.15, 0.2) is 0 Å². The maximum Gasteiger partial charge on any atom is 0.0740 e. The molecule has 2 aromatic rings. The van der Waals surface area contributed by atoms with E-state index in [1.165, 1.54) is 11.1 Å². The van der Waals surface area contributed by atoms with Gasteiger partial charge in [-0.15, -0.1) is 0 Å². The summed E-state index contributed by atoms with van der Waals surface area (Å²) >= 11 is 0. The molecule has 1 heterocycles. The summed E-state index contributed by atoms with van der Waals surface area (Å²) in [6, 6.07) is 6.37. The van der Waals surface area contributed by atoms with Crippen LogP contribution in [0.2, 0.25) is 0 Å². The van der Waals surface area contributed by atoms with Gasteiger partial charge in [0.1, 0.15) is 0 Å². The lowest BCUT2D eigenvalue weighted by molar-refractivity contribution is 0.733. The van der Waals surface area contributed by atoms with E-state index < -0.39 is 0 Å². The second-order valence-electron chi connectivity index (χ2n) is 4.84. The molecule has 0 radical (unpaired) electrons. The van der Waals surface area contributed by atoms with Crippen LogP contribution >= 0.6 is 0 Å². The summed E-state index contributed by atoms with van der Waals surface area (Å²) in [6.07, 6.45) is 1.73. The van der Waals surface area contributed by atoms with Crippen molar-refractivity contribution < 1.29 is 0 Å². The van der Waals surface area contributed by atoms with Crippen molar-refractivity contribution in [3.63, 3.8) is 0 Å². The van der Waals surface area contributed by atoms with E-state index in [4.69, 9.17) is 5.73 Å². The monoisotopic (exact) mass is 229 g/mol. The Labute approximate surface area is 102 Å².